The van der Waals surface area contributed by atoms with Crippen LogP contribution in [-0.2, 0) is 0 Å². The Hall–Kier alpha value is -0.930. The van der Waals surface area contributed by atoms with E-state index in [9.17, 15) is 5.11 Å². The molecule has 1 rings (SSSR count). The molecule has 0 radical (unpaired) electrons. The Morgan fingerprint density at radius 2 is 2.12 bits per heavy atom. The van der Waals surface area contributed by atoms with Gasteiger partial charge < -0.3 is 15.3 Å². The van der Waals surface area contributed by atoms with Crippen molar-refractivity contribution in [1.29, 1.82) is 0 Å². The molecule has 1 aromatic rings. The van der Waals surface area contributed by atoms with Crippen LogP contribution < -0.4 is 10.2 Å². The molecule has 0 spiro atoms. The van der Waals surface area contributed by atoms with E-state index in [0.29, 0.717) is 6.54 Å². The number of nitrogens with zero attached hydrogens (tertiary/aromatic N) is 1. The highest BCUT2D eigenvalue weighted by Crippen LogP contribution is 2.25. The van der Waals surface area contributed by atoms with Crippen LogP contribution in [0.5, 0.6) is 0 Å². The lowest BCUT2D eigenvalue weighted by Crippen LogP contribution is -2.22. The number of rotatable bonds is 5. The molecule has 0 fully saturated rings. The van der Waals surface area contributed by atoms with Crippen LogP contribution in [0.2, 0.25) is 0 Å². The van der Waals surface area contributed by atoms with Crippen molar-refractivity contribution >= 4 is 23.0 Å². The Balaban J connectivity index is 2.80. The summed E-state index contributed by atoms with van der Waals surface area (Å²) in [6.45, 7) is 2.51. The van der Waals surface area contributed by atoms with E-state index < -0.39 is 6.10 Å². The van der Waals surface area contributed by atoms with E-state index in [4.69, 9.17) is 11.6 Å². The minimum absolute atomic E-state index is 0.246. The van der Waals surface area contributed by atoms with Gasteiger partial charge in [-0.1, -0.05) is 6.07 Å². The summed E-state index contributed by atoms with van der Waals surface area (Å²) in [4.78, 5) is 2.04. The maximum Gasteiger partial charge on any atom is 0.0847 e. The average Bonchev–Trinajstić information content (AvgIpc) is 2.25. The predicted molar refractivity (Wildman–Crippen MR) is 70.7 cm³/mol. The molecule has 0 aliphatic rings. The van der Waals surface area contributed by atoms with Crippen LogP contribution in [0.15, 0.2) is 18.2 Å². The second-order valence-electron chi connectivity index (χ2n) is 4.10. The van der Waals surface area contributed by atoms with Crippen LogP contribution in [0, 0.1) is 6.92 Å². The molecule has 0 saturated carbocycles. The Labute approximate surface area is 102 Å². The van der Waals surface area contributed by atoms with Crippen molar-refractivity contribution in [2.24, 2.45) is 0 Å². The number of nitrogens with one attached hydrogen (secondary N) is 1. The smallest absolute Gasteiger partial charge is 0.0847 e. The number of halogens is 1. The number of alkyl halides is 1. The molecule has 0 amide bonds. The fourth-order valence-electron chi connectivity index (χ4n) is 1.46. The van der Waals surface area contributed by atoms with E-state index in [1.165, 1.54) is 5.56 Å². The Kier molecular flexibility index (Phi) is 4.90. The highest BCUT2D eigenvalue weighted by Gasteiger charge is 2.06. The van der Waals surface area contributed by atoms with Gasteiger partial charge in [-0.05, 0) is 24.6 Å². The summed E-state index contributed by atoms with van der Waals surface area (Å²) in [6.07, 6.45) is -0.516. The van der Waals surface area contributed by atoms with Crippen molar-refractivity contribution in [1.82, 2.24) is 0 Å². The second-order valence-corrected chi connectivity index (χ2v) is 4.41. The molecule has 0 aromatic heterocycles. The summed E-state index contributed by atoms with van der Waals surface area (Å²) < 4.78 is 0. The van der Waals surface area contributed by atoms with Gasteiger partial charge in [-0.25, -0.2) is 0 Å². The molecule has 0 aliphatic carbocycles. The van der Waals surface area contributed by atoms with Gasteiger partial charge in [0.1, 0.15) is 0 Å². The molecular formula is C12H19ClN2O. The van der Waals surface area contributed by atoms with Crippen LogP contribution >= 0.6 is 11.6 Å². The van der Waals surface area contributed by atoms with Gasteiger partial charge >= 0.3 is 0 Å². The number of anilines is 2. The lowest BCUT2D eigenvalue weighted by Gasteiger charge is -2.20. The average molecular weight is 243 g/mol. The first kappa shape index (κ1) is 13.1. The second kappa shape index (κ2) is 5.97. The zero-order chi connectivity index (χ0) is 12.1. The highest BCUT2D eigenvalue weighted by atomic mass is 35.5. The summed E-state index contributed by atoms with van der Waals surface area (Å²) in [5.41, 5.74) is 3.31. The summed E-state index contributed by atoms with van der Waals surface area (Å²) in [7, 11) is 3.99. The maximum absolute atomic E-state index is 9.41. The maximum atomic E-state index is 9.41. The molecule has 1 unspecified atom stereocenters. The monoisotopic (exact) mass is 242 g/mol. The number of benzene rings is 1. The summed E-state index contributed by atoms with van der Waals surface area (Å²) in [6, 6.07) is 6.19. The lowest BCUT2D eigenvalue weighted by atomic mass is 10.1. The van der Waals surface area contributed by atoms with Crippen molar-refractivity contribution in [2.45, 2.75) is 13.0 Å². The number of aliphatic hydroxyl groups excluding tert-OH is 1. The van der Waals surface area contributed by atoms with Crippen molar-refractivity contribution < 1.29 is 5.11 Å². The summed E-state index contributed by atoms with van der Waals surface area (Å²) in [5.74, 6) is 0.246. The lowest BCUT2D eigenvalue weighted by molar-refractivity contribution is 0.211. The Morgan fingerprint density at radius 1 is 1.44 bits per heavy atom. The Bertz CT molecular complexity index is 342. The Morgan fingerprint density at radius 3 is 2.69 bits per heavy atom. The van der Waals surface area contributed by atoms with Gasteiger partial charge in [-0.3, -0.25) is 0 Å². The van der Waals surface area contributed by atoms with E-state index in [-0.39, 0.29) is 5.88 Å². The zero-order valence-electron chi connectivity index (χ0n) is 10.00. The fourth-order valence-corrected chi connectivity index (χ4v) is 1.57. The standard InChI is InChI=1S/C12H19ClN2O/c1-9-4-5-12(15(2)3)11(6-9)14-8-10(16)7-13/h4-6,10,14,16H,7-8H2,1-3H3. The zero-order valence-corrected chi connectivity index (χ0v) is 10.8. The quantitative estimate of drug-likeness (QED) is 0.776. The number of aryl methyl sites for hydroxylation is 1. The molecule has 0 bridgehead atoms. The van der Waals surface area contributed by atoms with Crippen LogP contribution in [0.25, 0.3) is 0 Å². The van der Waals surface area contributed by atoms with E-state index in [1.807, 2.05) is 25.9 Å². The van der Waals surface area contributed by atoms with E-state index in [2.05, 4.69) is 23.5 Å². The minimum Gasteiger partial charge on any atom is -0.390 e. The van der Waals surface area contributed by atoms with E-state index in [0.717, 1.165) is 11.4 Å². The van der Waals surface area contributed by atoms with Gasteiger partial charge in [0.05, 0.1) is 23.4 Å². The molecule has 2 N–H and O–H groups in total. The molecule has 0 aliphatic heterocycles. The predicted octanol–water partition coefficient (Wildman–Crippen LogP) is 2.07. The molecule has 90 valence electrons. The molecular weight excluding hydrogens is 224 g/mol. The molecule has 16 heavy (non-hydrogen) atoms. The molecule has 3 nitrogen and oxygen atoms in total. The number of hydrogen-bond acceptors (Lipinski definition) is 3. The van der Waals surface area contributed by atoms with Crippen molar-refractivity contribution in [3.8, 4) is 0 Å². The van der Waals surface area contributed by atoms with Crippen molar-refractivity contribution in [2.75, 3.05) is 36.7 Å². The normalized spacial score (nSPS) is 12.3. The topological polar surface area (TPSA) is 35.5 Å². The largest absolute Gasteiger partial charge is 0.390 e. The van der Waals surface area contributed by atoms with E-state index >= 15 is 0 Å². The third-order valence-electron chi connectivity index (χ3n) is 2.34. The van der Waals surface area contributed by atoms with Gasteiger partial charge in [0.2, 0.25) is 0 Å². The number of aliphatic hydroxyl groups is 1. The highest BCUT2D eigenvalue weighted by molar-refractivity contribution is 6.18. The number of hydrogen-bond donors (Lipinski definition) is 2. The molecule has 0 saturated heterocycles. The first-order valence-electron chi connectivity index (χ1n) is 5.30. The van der Waals surface area contributed by atoms with Gasteiger partial charge in [-0.15, -0.1) is 11.6 Å². The minimum atomic E-state index is -0.516. The van der Waals surface area contributed by atoms with Crippen LogP contribution in [-0.4, -0.2) is 37.7 Å². The van der Waals surface area contributed by atoms with Crippen LogP contribution in [0.1, 0.15) is 5.56 Å². The molecule has 1 aromatic carbocycles. The third kappa shape index (κ3) is 3.58. The SMILES string of the molecule is Cc1ccc(N(C)C)c(NCC(O)CCl)c1. The van der Waals surface area contributed by atoms with Crippen LogP contribution in [0.3, 0.4) is 0 Å². The summed E-state index contributed by atoms with van der Waals surface area (Å²) in [5, 5.41) is 12.6. The molecule has 0 heterocycles. The van der Waals surface area contributed by atoms with E-state index in [1.54, 1.807) is 0 Å². The van der Waals surface area contributed by atoms with Gasteiger partial charge in [0.25, 0.3) is 0 Å². The van der Waals surface area contributed by atoms with Gasteiger partial charge in [-0.2, -0.15) is 0 Å². The van der Waals surface area contributed by atoms with Crippen molar-refractivity contribution in [3.05, 3.63) is 23.8 Å². The summed E-state index contributed by atoms with van der Waals surface area (Å²) >= 11 is 5.55. The van der Waals surface area contributed by atoms with Gasteiger partial charge in [0.15, 0.2) is 0 Å². The molecule has 4 heteroatoms. The first-order chi connectivity index (χ1) is 7.54. The first-order valence-corrected chi connectivity index (χ1v) is 5.84. The molecule has 1 atom stereocenters. The van der Waals surface area contributed by atoms with Crippen molar-refractivity contribution in [3.63, 3.8) is 0 Å². The van der Waals surface area contributed by atoms with Crippen LogP contribution in [0.4, 0.5) is 11.4 Å². The fraction of sp³-hybridized carbons (Fsp3) is 0.500. The third-order valence-corrected chi connectivity index (χ3v) is 2.70. The van der Waals surface area contributed by atoms with Gasteiger partial charge in [0, 0.05) is 20.6 Å².